The van der Waals surface area contributed by atoms with Gasteiger partial charge in [-0.1, -0.05) is 6.07 Å². The van der Waals surface area contributed by atoms with Gasteiger partial charge in [-0.05, 0) is 47.0 Å². The van der Waals surface area contributed by atoms with Crippen LogP contribution >= 0.6 is 15.9 Å². The molecule has 2 N–H and O–H groups in total. The van der Waals surface area contributed by atoms with Gasteiger partial charge in [0.15, 0.2) is 0 Å². The van der Waals surface area contributed by atoms with Crippen molar-refractivity contribution in [3.05, 3.63) is 27.7 Å². The van der Waals surface area contributed by atoms with E-state index in [9.17, 15) is 4.79 Å². The molecule has 90 valence electrons. The van der Waals surface area contributed by atoms with Gasteiger partial charge in [0.05, 0.1) is 18.3 Å². The van der Waals surface area contributed by atoms with E-state index < -0.39 is 0 Å². The number of aryl methyl sites for hydroxylation is 2. The maximum atomic E-state index is 11.3. The second-order valence-corrected chi connectivity index (χ2v) is 4.58. The topological polar surface area (TPSA) is 64.9 Å². The highest BCUT2D eigenvalue weighted by molar-refractivity contribution is 9.10. The Morgan fingerprint density at radius 3 is 2.76 bits per heavy atom. The molecule has 0 saturated carbocycles. The number of carbonyl (C=O) groups excluding carboxylic acids is 1. The highest BCUT2D eigenvalue weighted by atomic mass is 79.9. The zero-order valence-corrected chi connectivity index (χ0v) is 11.4. The third kappa shape index (κ3) is 4.08. The van der Waals surface area contributed by atoms with Crippen LogP contribution in [0.3, 0.4) is 0 Å². The van der Waals surface area contributed by atoms with E-state index >= 15 is 0 Å². The zero-order valence-electron chi connectivity index (χ0n) is 9.80. The third-order valence-corrected chi connectivity index (χ3v) is 2.85. The second-order valence-electron chi connectivity index (χ2n) is 3.73. The van der Waals surface area contributed by atoms with Crippen LogP contribution < -0.4 is 10.6 Å². The molecule has 5 heteroatoms. The monoisotopic (exact) mass is 295 g/mol. The van der Waals surface area contributed by atoms with Crippen LogP contribution in [0.15, 0.2) is 16.6 Å². The van der Waals surface area contributed by atoms with Gasteiger partial charge in [0.1, 0.15) is 6.54 Å². The third-order valence-electron chi connectivity index (χ3n) is 2.22. The van der Waals surface area contributed by atoms with Crippen LogP contribution in [0.2, 0.25) is 0 Å². The van der Waals surface area contributed by atoms with Crippen molar-refractivity contribution in [1.29, 1.82) is 5.26 Å². The molecular weight excluding hydrogens is 282 g/mol. The van der Waals surface area contributed by atoms with Crippen molar-refractivity contribution in [2.45, 2.75) is 13.8 Å². The van der Waals surface area contributed by atoms with E-state index in [1.165, 1.54) is 0 Å². The lowest BCUT2D eigenvalue weighted by Gasteiger charge is -2.12. The number of benzene rings is 1. The molecule has 4 nitrogen and oxygen atoms in total. The zero-order chi connectivity index (χ0) is 12.8. The Hall–Kier alpha value is -1.54. The Balaban J connectivity index is 2.64. The quantitative estimate of drug-likeness (QED) is 0.836. The fourth-order valence-corrected chi connectivity index (χ4v) is 2.32. The summed E-state index contributed by atoms with van der Waals surface area (Å²) >= 11 is 3.45. The minimum absolute atomic E-state index is 0.0363. The molecule has 1 aromatic rings. The van der Waals surface area contributed by atoms with Gasteiger partial charge in [0.2, 0.25) is 5.91 Å². The van der Waals surface area contributed by atoms with E-state index in [4.69, 9.17) is 5.26 Å². The lowest BCUT2D eigenvalue weighted by Crippen LogP contribution is -2.30. The Morgan fingerprint density at radius 2 is 2.18 bits per heavy atom. The van der Waals surface area contributed by atoms with Gasteiger partial charge < -0.3 is 10.6 Å². The molecule has 1 amide bonds. The van der Waals surface area contributed by atoms with Gasteiger partial charge in [0, 0.05) is 4.47 Å². The second kappa shape index (κ2) is 6.26. The minimum atomic E-state index is -0.196. The summed E-state index contributed by atoms with van der Waals surface area (Å²) in [5.41, 5.74) is 3.14. The van der Waals surface area contributed by atoms with E-state index in [0.29, 0.717) is 0 Å². The summed E-state index contributed by atoms with van der Waals surface area (Å²) in [6.07, 6.45) is 0. The van der Waals surface area contributed by atoms with Crippen LogP contribution in [-0.4, -0.2) is 19.0 Å². The average Bonchev–Trinajstić information content (AvgIpc) is 2.24. The molecule has 0 aliphatic rings. The number of hydrogen-bond acceptors (Lipinski definition) is 3. The van der Waals surface area contributed by atoms with E-state index in [1.54, 1.807) is 0 Å². The van der Waals surface area contributed by atoms with Crippen LogP contribution in [-0.2, 0) is 4.79 Å². The summed E-state index contributed by atoms with van der Waals surface area (Å²) < 4.78 is 0.933. The normalized spacial score (nSPS) is 9.53. The van der Waals surface area contributed by atoms with Gasteiger partial charge in [-0.3, -0.25) is 4.79 Å². The molecule has 1 rings (SSSR count). The maximum Gasteiger partial charge on any atom is 0.240 e. The van der Waals surface area contributed by atoms with E-state index in [2.05, 4.69) is 26.6 Å². The number of nitriles is 1. The smallest absolute Gasteiger partial charge is 0.240 e. The van der Waals surface area contributed by atoms with Crippen molar-refractivity contribution in [3.8, 4) is 6.07 Å². The number of carbonyl (C=O) groups is 1. The lowest BCUT2D eigenvalue weighted by molar-refractivity contribution is -0.119. The first-order valence-corrected chi connectivity index (χ1v) is 5.98. The van der Waals surface area contributed by atoms with Crippen LogP contribution in [0.4, 0.5) is 5.69 Å². The summed E-state index contributed by atoms with van der Waals surface area (Å²) in [5, 5.41) is 13.9. The largest absolute Gasteiger partial charge is 0.375 e. The molecule has 0 fully saturated rings. The Bertz CT molecular complexity index is 442. The number of rotatable bonds is 4. The van der Waals surface area contributed by atoms with Gasteiger partial charge in [-0.15, -0.1) is 0 Å². The molecular formula is C12H14BrN3O. The van der Waals surface area contributed by atoms with Crippen molar-refractivity contribution in [1.82, 2.24) is 5.32 Å². The molecule has 0 aliphatic heterocycles. The first-order valence-electron chi connectivity index (χ1n) is 5.19. The summed E-state index contributed by atoms with van der Waals surface area (Å²) in [6.45, 7) is 4.19. The van der Waals surface area contributed by atoms with E-state index in [-0.39, 0.29) is 19.0 Å². The number of hydrogen-bond donors (Lipinski definition) is 2. The maximum absolute atomic E-state index is 11.3. The average molecular weight is 296 g/mol. The standard InChI is InChI=1S/C12H14BrN3O/c1-8-5-9(2)12(10(13)6-8)16-7-11(17)15-4-3-14/h5-6,16H,4,7H2,1-2H3,(H,15,17). The molecule has 0 aliphatic carbocycles. The van der Waals surface area contributed by atoms with E-state index in [1.807, 2.05) is 32.0 Å². The van der Waals surface area contributed by atoms with Crippen molar-refractivity contribution in [2.75, 3.05) is 18.4 Å². The summed E-state index contributed by atoms with van der Waals surface area (Å²) in [5.74, 6) is -0.196. The van der Waals surface area contributed by atoms with Crippen molar-refractivity contribution in [2.24, 2.45) is 0 Å². The highest BCUT2D eigenvalue weighted by Crippen LogP contribution is 2.27. The summed E-state index contributed by atoms with van der Waals surface area (Å²) in [4.78, 5) is 11.3. The number of anilines is 1. The molecule has 0 saturated heterocycles. The fraction of sp³-hybridized carbons (Fsp3) is 0.333. The van der Waals surface area contributed by atoms with E-state index in [0.717, 1.165) is 21.3 Å². The van der Waals surface area contributed by atoms with Crippen LogP contribution in [0.5, 0.6) is 0 Å². The molecule has 0 bridgehead atoms. The molecule has 0 unspecified atom stereocenters. The Morgan fingerprint density at radius 1 is 1.47 bits per heavy atom. The Labute approximate surface area is 109 Å². The van der Waals surface area contributed by atoms with Gasteiger partial charge in [-0.25, -0.2) is 0 Å². The number of nitrogens with zero attached hydrogens (tertiary/aromatic N) is 1. The Kier molecular flexibility index (Phi) is 4.98. The predicted molar refractivity (Wildman–Crippen MR) is 70.7 cm³/mol. The lowest BCUT2D eigenvalue weighted by atomic mass is 10.1. The minimum Gasteiger partial charge on any atom is -0.375 e. The number of amides is 1. The van der Waals surface area contributed by atoms with Crippen molar-refractivity contribution >= 4 is 27.5 Å². The molecule has 0 radical (unpaired) electrons. The van der Waals surface area contributed by atoms with Gasteiger partial charge in [0.25, 0.3) is 0 Å². The molecule has 0 atom stereocenters. The number of nitrogens with one attached hydrogen (secondary N) is 2. The molecule has 0 spiro atoms. The first-order chi connectivity index (χ1) is 8.04. The first kappa shape index (κ1) is 13.5. The molecule has 1 aromatic carbocycles. The van der Waals surface area contributed by atoms with Crippen LogP contribution in [0.1, 0.15) is 11.1 Å². The van der Waals surface area contributed by atoms with Crippen LogP contribution in [0, 0.1) is 25.2 Å². The molecule has 17 heavy (non-hydrogen) atoms. The fourth-order valence-electron chi connectivity index (χ4n) is 1.51. The van der Waals surface area contributed by atoms with Gasteiger partial charge in [-0.2, -0.15) is 5.26 Å². The highest BCUT2D eigenvalue weighted by Gasteiger charge is 2.06. The summed E-state index contributed by atoms with van der Waals surface area (Å²) in [6, 6.07) is 5.89. The van der Waals surface area contributed by atoms with Crippen molar-refractivity contribution in [3.63, 3.8) is 0 Å². The molecule has 0 aromatic heterocycles. The SMILES string of the molecule is Cc1cc(C)c(NCC(=O)NCC#N)c(Br)c1. The number of halogens is 1. The van der Waals surface area contributed by atoms with Crippen LogP contribution in [0.25, 0.3) is 0 Å². The predicted octanol–water partition coefficient (Wildman–Crippen LogP) is 2.12. The molecule has 0 heterocycles. The van der Waals surface area contributed by atoms with Crippen molar-refractivity contribution < 1.29 is 4.79 Å². The van der Waals surface area contributed by atoms with Gasteiger partial charge >= 0.3 is 0 Å². The summed E-state index contributed by atoms with van der Waals surface area (Å²) in [7, 11) is 0.